The zero-order valence-electron chi connectivity index (χ0n) is 11.3. The molecule has 0 bridgehead atoms. The highest BCUT2D eigenvalue weighted by atomic mass is 16.4. The van der Waals surface area contributed by atoms with Crippen molar-refractivity contribution in [3.8, 4) is 11.4 Å². The smallest absolute Gasteiger partial charge is 0.307 e. The lowest BCUT2D eigenvalue weighted by Gasteiger charge is -2.09. The Morgan fingerprint density at radius 1 is 1.05 bits per heavy atom. The summed E-state index contributed by atoms with van der Waals surface area (Å²) in [5.74, 6) is -0.220. The fraction of sp³-hybridized carbons (Fsp3) is 0.267. The van der Waals surface area contributed by atoms with E-state index in [1.165, 1.54) is 5.56 Å². The highest BCUT2D eigenvalue weighted by molar-refractivity contribution is 5.71. The van der Waals surface area contributed by atoms with E-state index in [0.29, 0.717) is 11.4 Å². The summed E-state index contributed by atoms with van der Waals surface area (Å²) in [6, 6.07) is 7.96. The molecule has 0 aliphatic rings. The van der Waals surface area contributed by atoms with E-state index in [9.17, 15) is 4.79 Å². The van der Waals surface area contributed by atoms with Crippen LogP contribution in [-0.4, -0.2) is 21.0 Å². The third-order valence-corrected chi connectivity index (χ3v) is 3.06. The average molecular weight is 256 g/mol. The number of hydrogen-bond acceptors (Lipinski definition) is 3. The number of nitrogens with zero attached hydrogens (tertiary/aromatic N) is 2. The molecular weight excluding hydrogens is 240 g/mol. The summed E-state index contributed by atoms with van der Waals surface area (Å²) in [5.41, 5.74) is 4.28. The number of aliphatic carboxylic acids is 1. The fourth-order valence-corrected chi connectivity index (χ4v) is 1.98. The number of aryl methyl sites for hydroxylation is 3. The third-order valence-electron chi connectivity index (χ3n) is 3.06. The summed E-state index contributed by atoms with van der Waals surface area (Å²) in [5, 5.41) is 8.88. The maximum Gasteiger partial charge on any atom is 0.307 e. The highest BCUT2D eigenvalue weighted by Gasteiger charge is 2.12. The number of hydrogen-bond donors (Lipinski definition) is 1. The van der Waals surface area contributed by atoms with Crippen molar-refractivity contribution in [3.63, 3.8) is 0 Å². The van der Waals surface area contributed by atoms with Crippen molar-refractivity contribution in [1.29, 1.82) is 0 Å². The Bertz CT molecular complexity index is 596. The minimum absolute atomic E-state index is 0.0359. The molecule has 1 N–H and O–H groups in total. The van der Waals surface area contributed by atoms with Crippen molar-refractivity contribution in [2.45, 2.75) is 27.2 Å². The molecule has 0 unspecified atom stereocenters. The second-order valence-corrected chi connectivity index (χ2v) is 4.63. The molecule has 19 heavy (non-hydrogen) atoms. The molecule has 0 spiro atoms. The van der Waals surface area contributed by atoms with Gasteiger partial charge in [0.1, 0.15) is 0 Å². The summed E-state index contributed by atoms with van der Waals surface area (Å²) in [6.45, 7) is 5.67. The Morgan fingerprint density at radius 3 is 2.05 bits per heavy atom. The minimum atomic E-state index is -0.863. The van der Waals surface area contributed by atoms with Gasteiger partial charge in [0.15, 0.2) is 5.82 Å². The lowest BCUT2D eigenvalue weighted by molar-refractivity contribution is -0.136. The first-order valence-corrected chi connectivity index (χ1v) is 6.10. The molecule has 4 heteroatoms. The third kappa shape index (κ3) is 2.96. The minimum Gasteiger partial charge on any atom is -0.481 e. The van der Waals surface area contributed by atoms with Crippen molar-refractivity contribution >= 4 is 5.97 Å². The van der Waals surface area contributed by atoms with Crippen molar-refractivity contribution in [2.24, 2.45) is 0 Å². The number of carboxylic acids is 1. The summed E-state index contributed by atoms with van der Waals surface area (Å²) in [7, 11) is 0. The zero-order chi connectivity index (χ0) is 14.0. The van der Waals surface area contributed by atoms with Gasteiger partial charge in [0, 0.05) is 22.5 Å². The Labute approximate surface area is 112 Å². The maximum absolute atomic E-state index is 10.8. The van der Waals surface area contributed by atoms with Gasteiger partial charge in [-0.15, -0.1) is 0 Å². The molecule has 0 radical (unpaired) electrons. The van der Waals surface area contributed by atoms with Crippen LogP contribution in [0.2, 0.25) is 0 Å². The van der Waals surface area contributed by atoms with Crippen LogP contribution in [0.1, 0.15) is 22.5 Å². The van der Waals surface area contributed by atoms with Crippen LogP contribution in [0, 0.1) is 20.8 Å². The molecule has 1 heterocycles. The van der Waals surface area contributed by atoms with Crippen molar-refractivity contribution < 1.29 is 9.90 Å². The molecule has 2 rings (SSSR count). The van der Waals surface area contributed by atoms with Gasteiger partial charge in [-0.1, -0.05) is 29.8 Å². The lowest BCUT2D eigenvalue weighted by Crippen LogP contribution is -2.08. The predicted molar refractivity (Wildman–Crippen MR) is 73.0 cm³/mol. The fourth-order valence-electron chi connectivity index (χ4n) is 1.98. The number of carboxylic acid groups (broad SMARTS) is 1. The first kappa shape index (κ1) is 13.2. The molecule has 0 saturated carbocycles. The first-order chi connectivity index (χ1) is 8.97. The molecule has 0 fully saturated rings. The van der Waals surface area contributed by atoms with Crippen LogP contribution in [0.3, 0.4) is 0 Å². The van der Waals surface area contributed by atoms with Crippen molar-refractivity contribution in [3.05, 3.63) is 46.8 Å². The molecule has 98 valence electrons. The molecule has 0 saturated heterocycles. The Morgan fingerprint density at radius 2 is 1.58 bits per heavy atom. The SMILES string of the molecule is Cc1ccc(-c2nc(C)c(CC(=O)O)c(C)n2)cc1. The van der Waals surface area contributed by atoms with E-state index in [1.54, 1.807) is 0 Å². The maximum atomic E-state index is 10.8. The normalized spacial score (nSPS) is 10.5. The van der Waals surface area contributed by atoms with Gasteiger partial charge < -0.3 is 5.11 Å². The van der Waals surface area contributed by atoms with Crippen LogP contribution < -0.4 is 0 Å². The summed E-state index contributed by atoms with van der Waals surface area (Å²) in [6.07, 6.45) is -0.0359. The summed E-state index contributed by atoms with van der Waals surface area (Å²) in [4.78, 5) is 19.6. The topological polar surface area (TPSA) is 63.1 Å². The second-order valence-electron chi connectivity index (χ2n) is 4.63. The van der Waals surface area contributed by atoms with Crippen LogP contribution >= 0.6 is 0 Å². The van der Waals surface area contributed by atoms with Gasteiger partial charge in [-0.3, -0.25) is 4.79 Å². The van der Waals surface area contributed by atoms with E-state index in [4.69, 9.17) is 5.11 Å². The molecule has 4 nitrogen and oxygen atoms in total. The largest absolute Gasteiger partial charge is 0.481 e. The van der Waals surface area contributed by atoms with Crippen LogP contribution in [0.5, 0.6) is 0 Å². The Kier molecular flexibility index (Phi) is 3.60. The van der Waals surface area contributed by atoms with Gasteiger partial charge in [-0.05, 0) is 20.8 Å². The van der Waals surface area contributed by atoms with Crippen LogP contribution in [0.15, 0.2) is 24.3 Å². The molecular formula is C15H16N2O2. The number of rotatable bonds is 3. The first-order valence-electron chi connectivity index (χ1n) is 6.10. The summed E-state index contributed by atoms with van der Waals surface area (Å²) >= 11 is 0. The Balaban J connectivity index is 2.44. The number of aromatic nitrogens is 2. The van der Waals surface area contributed by atoms with Gasteiger partial charge >= 0.3 is 5.97 Å². The van der Waals surface area contributed by atoms with E-state index in [0.717, 1.165) is 17.0 Å². The second kappa shape index (κ2) is 5.18. The number of carbonyl (C=O) groups is 1. The molecule has 0 aliphatic carbocycles. The lowest BCUT2D eigenvalue weighted by atomic mass is 10.1. The quantitative estimate of drug-likeness (QED) is 0.917. The molecule has 0 aliphatic heterocycles. The van der Waals surface area contributed by atoms with Gasteiger partial charge in [0.2, 0.25) is 0 Å². The van der Waals surface area contributed by atoms with Crippen LogP contribution in [0.4, 0.5) is 0 Å². The molecule has 0 atom stereocenters. The van der Waals surface area contributed by atoms with Crippen LogP contribution in [0.25, 0.3) is 11.4 Å². The van der Waals surface area contributed by atoms with Crippen LogP contribution in [-0.2, 0) is 11.2 Å². The predicted octanol–water partition coefficient (Wildman–Crippen LogP) is 2.70. The van der Waals surface area contributed by atoms with Gasteiger partial charge in [0.05, 0.1) is 6.42 Å². The molecule has 0 amide bonds. The molecule has 1 aromatic heterocycles. The van der Waals surface area contributed by atoms with E-state index < -0.39 is 5.97 Å². The van der Waals surface area contributed by atoms with E-state index >= 15 is 0 Å². The zero-order valence-corrected chi connectivity index (χ0v) is 11.3. The van der Waals surface area contributed by atoms with Gasteiger partial charge in [-0.2, -0.15) is 0 Å². The van der Waals surface area contributed by atoms with E-state index in [2.05, 4.69) is 9.97 Å². The highest BCUT2D eigenvalue weighted by Crippen LogP contribution is 2.19. The van der Waals surface area contributed by atoms with E-state index in [1.807, 2.05) is 45.0 Å². The standard InChI is InChI=1S/C15H16N2O2/c1-9-4-6-12(7-5-9)15-16-10(2)13(8-14(18)19)11(3)17-15/h4-7H,8H2,1-3H3,(H,18,19). The Hall–Kier alpha value is -2.23. The molecule has 1 aromatic carbocycles. The summed E-state index contributed by atoms with van der Waals surface area (Å²) < 4.78 is 0. The molecule has 2 aromatic rings. The monoisotopic (exact) mass is 256 g/mol. The van der Waals surface area contributed by atoms with Crippen molar-refractivity contribution in [2.75, 3.05) is 0 Å². The number of benzene rings is 1. The average Bonchev–Trinajstić information content (AvgIpc) is 2.34. The van der Waals surface area contributed by atoms with Crippen molar-refractivity contribution in [1.82, 2.24) is 9.97 Å². The van der Waals surface area contributed by atoms with Gasteiger partial charge in [0.25, 0.3) is 0 Å². The van der Waals surface area contributed by atoms with Gasteiger partial charge in [-0.25, -0.2) is 9.97 Å². The van der Waals surface area contributed by atoms with E-state index in [-0.39, 0.29) is 6.42 Å².